The number of carbonyl (C=O) groups is 1. The average molecular weight is 330 g/mol. The van der Waals surface area contributed by atoms with Crippen LogP contribution >= 0.6 is 0 Å². The Bertz CT molecular complexity index is 551. The number of aliphatic hydroxyl groups is 1. The quantitative estimate of drug-likeness (QED) is 0.671. The number of ether oxygens (including phenoxy) is 1. The maximum atomic E-state index is 12.0. The Labute approximate surface area is 143 Å². The lowest BCUT2D eigenvalue weighted by molar-refractivity contribution is 0.154. The molecule has 5 nitrogen and oxygen atoms in total. The zero-order valence-electron chi connectivity index (χ0n) is 14.0. The molecule has 0 bridgehead atoms. The average Bonchev–Trinajstić information content (AvgIpc) is 2.61. The van der Waals surface area contributed by atoms with Crippen molar-refractivity contribution in [1.29, 1.82) is 0 Å². The molecule has 5 heteroatoms. The third-order valence-corrected chi connectivity index (χ3v) is 4.40. The Morgan fingerprint density at radius 2 is 2.04 bits per heavy atom. The topological polar surface area (TPSA) is 70.6 Å². The Kier molecular flexibility index (Phi) is 7.44. The van der Waals surface area contributed by atoms with Crippen LogP contribution in [0.2, 0.25) is 0 Å². The van der Waals surface area contributed by atoms with E-state index >= 15 is 0 Å². The fourth-order valence-electron chi connectivity index (χ4n) is 3.03. The Morgan fingerprint density at radius 3 is 2.75 bits per heavy atom. The van der Waals surface area contributed by atoms with Crippen LogP contribution in [0.1, 0.15) is 31.2 Å². The van der Waals surface area contributed by atoms with E-state index in [2.05, 4.69) is 16.6 Å². The van der Waals surface area contributed by atoms with Crippen molar-refractivity contribution in [2.24, 2.45) is 5.92 Å². The van der Waals surface area contributed by atoms with Crippen molar-refractivity contribution in [2.75, 3.05) is 19.8 Å². The third kappa shape index (κ3) is 5.78. The van der Waals surface area contributed by atoms with Gasteiger partial charge in [-0.3, -0.25) is 0 Å². The summed E-state index contributed by atoms with van der Waals surface area (Å²) in [5.41, 5.74) is 1.12. The van der Waals surface area contributed by atoms with Crippen molar-refractivity contribution in [1.82, 2.24) is 10.6 Å². The van der Waals surface area contributed by atoms with Crippen LogP contribution in [0.3, 0.4) is 0 Å². The molecule has 1 aromatic rings. The molecule has 0 radical (unpaired) electrons. The molecule has 0 aliphatic heterocycles. The molecule has 0 spiro atoms. The van der Waals surface area contributed by atoms with E-state index in [0.29, 0.717) is 6.54 Å². The van der Waals surface area contributed by atoms with Gasteiger partial charge in [-0.15, -0.1) is 6.42 Å². The second kappa shape index (κ2) is 9.84. The summed E-state index contributed by atoms with van der Waals surface area (Å²) in [6.07, 6.45) is 10.1. The van der Waals surface area contributed by atoms with E-state index < -0.39 is 0 Å². The first-order valence-corrected chi connectivity index (χ1v) is 8.53. The molecule has 2 unspecified atom stereocenters. The van der Waals surface area contributed by atoms with Crippen molar-refractivity contribution in [2.45, 2.75) is 38.1 Å². The molecule has 1 aliphatic rings. The molecular formula is C19H26N2O3. The third-order valence-electron chi connectivity index (χ3n) is 4.40. The smallest absolute Gasteiger partial charge is 0.315 e. The highest BCUT2D eigenvalue weighted by molar-refractivity contribution is 5.74. The molecule has 0 heterocycles. The number of terminal acetylenes is 1. The van der Waals surface area contributed by atoms with Gasteiger partial charge in [0.15, 0.2) is 0 Å². The molecule has 2 atom stereocenters. The summed E-state index contributed by atoms with van der Waals surface area (Å²) >= 11 is 0. The zero-order chi connectivity index (χ0) is 17.2. The number of hydrogen-bond acceptors (Lipinski definition) is 3. The molecular weight excluding hydrogens is 304 g/mol. The van der Waals surface area contributed by atoms with Crippen molar-refractivity contribution in [3.05, 3.63) is 29.8 Å². The van der Waals surface area contributed by atoms with E-state index in [9.17, 15) is 9.90 Å². The second-order valence-electron chi connectivity index (χ2n) is 6.12. The second-order valence-corrected chi connectivity index (χ2v) is 6.12. The lowest BCUT2D eigenvalue weighted by Crippen LogP contribution is -2.48. The monoisotopic (exact) mass is 330 g/mol. The summed E-state index contributed by atoms with van der Waals surface area (Å²) in [5.74, 6) is 3.35. The van der Waals surface area contributed by atoms with Gasteiger partial charge in [-0.25, -0.2) is 4.79 Å². The highest BCUT2D eigenvalue weighted by Gasteiger charge is 2.25. The van der Waals surface area contributed by atoms with Crippen molar-refractivity contribution < 1.29 is 14.6 Å². The minimum absolute atomic E-state index is 0.0799. The van der Waals surface area contributed by atoms with Gasteiger partial charge < -0.3 is 20.5 Å². The molecule has 0 saturated heterocycles. The van der Waals surface area contributed by atoms with E-state index in [1.165, 1.54) is 0 Å². The predicted molar refractivity (Wildman–Crippen MR) is 93.8 cm³/mol. The minimum Gasteiger partial charge on any atom is -0.481 e. The fourth-order valence-corrected chi connectivity index (χ4v) is 3.03. The van der Waals surface area contributed by atoms with Crippen LogP contribution in [-0.2, 0) is 6.42 Å². The number of amides is 2. The van der Waals surface area contributed by atoms with Gasteiger partial charge in [0.2, 0.25) is 0 Å². The predicted octanol–water partition coefficient (Wildman–Crippen LogP) is 2.09. The molecule has 0 aromatic heterocycles. The molecule has 1 aliphatic carbocycles. The lowest BCUT2D eigenvalue weighted by Gasteiger charge is -2.30. The van der Waals surface area contributed by atoms with E-state index in [1.807, 2.05) is 24.3 Å². The molecule has 2 rings (SSSR count). The molecule has 2 amide bonds. The van der Waals surface area contributed by atoms with Gasteiger partial charge >= 0.3 is 6.03 Å². The summed E-state index contributed by atoms with van der Waals surface area (Å²) in [6.45, 7) is 0.961. The van der Waals surface area contributed by atoms with Gasteiger partial charge in [0.05, 0.1) is 0 Å². The first kappa shape index (κ1) is 18.2. The van der Waals surface area contributed by atoms with E-state index in [1.54, 1.807) is 0 Å². The first-order valence-electron chi connectivity index (χ1n) is 8.53. The molecule has 1 saturated carbocycles. The Morgan fingerprint density at radius 1 is 1.29 bits per heavy atom. The number of aliphatic hydroxyl groups excluding tert-OH is 1. The normalized spacial score (nSPS) is 20.0. The number of nitrogens with one attached hydrogen (secondary N) is 2. The van der Waals surface area contributed by atoms with Crippen LogP contribution in [0.25, 0.3) is 0 Å². The van der Waals surface area contributed by atoms with E-state index in [-0.39, 0.29) is 31.2 Å². The van der Waals surface area contributed by atoms with Crippen LogP contribution in [-0.4, -0.2) is 36.9 Å². The standard InChI is InChI=1S/C19H26N2O3/c1-2-13-24-17-9-7-15(8-10-17)11-12-20-19(23)21-18-6-4-3-5-16(18)14-22/h1,7-10,16,18,22H,3-6,11-14H2,(H2,20,21,23). The number of hydrogen-bond donors (Lipinski definition) is 3. The molecule has 130 valence electrons. The number of carbonyl (C=O) groups excluding carboxylic acids is 1. The maximum Gasteiger partial charge on any atom is 0.315 e. The van der Waals surface area contributed by atoms with Gasteiger partial charge in [-0.2, -0.15) is 0 Å². The largest absolute Gasteiger partial charge is 0.481 e. The van der Waals surface area contributed by atoms with Gasteiger partial charge in [0.1, 0.15) is 12.4 Å². The first-order chi connectivity index (χ1) is 11.7. The Hall–Kier alpha value is -2.19. The summed E-state index contributed by atoms with van der Waals surface area (Å²) in [5, 5.41) is 15.3. The highest BCUT2D eigenvalue weighted by Crippen LogP contribution is 2.23. The SMILES string of the molecule is C#CCOc1ccc(CCNC(=O)NC2CCCCC2CO)cc1. The summed E-state index contributed by atoms with van der Waals surface area (Å²) in [7, 11) is 0. The lowest BCUT2D eigenvalue weighted by atomic mass is 9.85. The van der Waals surface area contributed by atoms with Crippen LogP contribution in [0.5, 0.6) is 5.75 Å². The summed E-state index contributed by atoms with van der Waals surface area (Å²) in [6, 6.07) is 7.61. The van der Waals surface area contributed by atoms with Crippen LogP contribution < -0.4 is 15.4 Å². The van der Waals surface area contributed by atoms with Crippen molar-refractivity contribution in [3.63, 3.8) is 0 Å². The van der Waals surface area contributed by atoms with Crippen LogP contribution in [0.15, 0.2) is 24.3 Å². The van der Waals surface area contributed by atoms with Crippen LogP contribution in [0, 0.1) is 18.3 Å². The summed E-state index contributed by atoms with van der Waals surface area (Å²) in [4.78, 5) is 12.0. The number of urea groups is 1. The highest BCUT2D eigenvalue weighted by atomic mass is 16.5. The van der Waals surface area contributed by atoms with Gasteiger partial charge in [0.25, 0.3) is 0 Å². The fraction of sp³-hybridized carbons (Fsp3) is 0.526. The molecule has 3 N–H and O–H groups in total. The number of benzene rings is 1. The van der Waals surface area contributed by atoms with Gasteiger partial charge in [-0.05, 0) is 37.0 Å². The van der Waals surface area contributed by atoms with Crippen molar-refractivity contribution >= 4 is 6.03 Å². The number of rotatable bonds is 7. The Balaban J connectivity index is 1.69. The van der Waals surface area contributed by atoms with Gasteiger partial charge in [0, 0.05) is 25.1 Å². The van der Waals surface area contributed by atoms with E-state index in [4.69, 9.17) is 11.2 Å². The molecule has 1 fully saturated rings. The van der Waals surface area contributed by atoms with Crippen molar-refractivity contribution in [3.8, 4) is 18.1 Å². The minimum atomic E-state index is -0.158. The molecule has 1 aromatic carbocycles. The van der Waals surface area contributed by atoms with Crippen LogP contribution in [0.4, 0.5) is 4.79 Å². The zero-order valence-corrected chi connectivity index (χ0v) is 14.0. The maximum absolute atomic E-state index is 12.0. The summed E-state index contributed by atoms with van der Waals surface area (Å²) < 4.78 is 5.32. The van der Waals surface area contributed by atoms with Gasteiger partial charge in [-0.1, -0.05) is 30.9 Å². The molecule has 24 heavy (non-hydrogen) atoms. The van der Waals surface area contributed by atoms with E-state index in [0.717, 1.165) is 43.4 Å².